The molecule has 0 saturated carbocycles. The van der Waals surface area contributed by atoms with Crippen LogP contribution in [0.2, 0.25) is 0 Å². The number of rotatable bonds is 0. The fraction of sp³-hybridized carbons (Fsp3) is 0.130. The van der Waals surface area contributed by atoms with Gasteiger partial charge in [0, 0.05) is 30.0 Å². The Balaban J connectivity index is 1.56. The second kappa shape index (κ2) is 4.76. The molecule has 0 atom stereocenters. The van der Waals surface area contributed by atoms with Crippen LogP contribution in [0.25, 0.3) is 21.5 Å². The molecule has 0 N–H and O–H groups in total. The molecule has 2 aliphatic heterocycles. The zero-order valence-corrected chi connectivity index (χ0v) is 13.9. The molecular formula is C23H18N2. The Bertz CT molecular complexity index is 1140. The van der Waals surface area contributed by atoms with Gasteiger partial charge < -0.3 is 9.80 Å². The highest BCUT2D eigenvalue weighted by Gasteiger charge is 2.30. The summed E-state index contributed by atoms with van der Waals surface area (Å²) in [6, 6.07) is 26.8. The van der Waals surface area contributed by atoms with Gasteiger partial charge in [0.15, 0.2) is 0 Å². The van der Waals surface area contributed by atoms with Gasteiger partial charge in [-0.3, -0.25) is 0 Å². The number of nitrogens with zero attached hydrogens (tertiary/aromatic N) is 2. The Hall–Kier alpha value is -3.00. The van der Waals surface area contributed by atoms with Crippen molar-refractivity contribution < 1.29 is 0 Å². The fourth-order valence-electron chi connectivity index (χ4n) is 4.51. The Kier molecular flexibility index (Phi) is 2.53. The molecule has 25 heavy (non-hydrogen) atoms. The zero-order chi connectivity index (χ0) is 16.4. The first kappa shape index (κ1) is 13.3. The van der Waals surface area contributed by atoms with Crippen LogP contribution < -0.4 is 9.80 Å². The third-order valence-electron chi connectivity index (χ3n) is 5.70. The first-order chi connectivity index (χ1) is 12.4. The van der Waals surface area contributed by atoms with E-state index in [1.807, 2.05) is 0 Å². The molecule has 0 spiro atoms. The summed E-state index contributed by atoms with van der Waals surface area (Å²) in [7, 11) is 0. The van der Waals surface area contributed by atoms with E-state index in [-0.39, 0.29) is 0 Å². The number of fused-ring (bicyclic) bond motifs is 9. The Labute approximate surface area is 146 Å². The van der Waals surface area contributed by atoms with Crippen molar-refractivity contribution in [3.05, 3.63) is 83.9 Å². The topological polar surface area (TPSA) is 6.48 Å². The number of benzene rings is 4. The summed E-state index contributed by atoms with van der Waals surface area (Å²) in [6.45, 7) is 2.96. The van der Waals surface area contributed by atoms with Crippen LogP contribution in [0, 0.1) is 0 Å². The van der Waals surface area contributed by atoms with Crippen LogP contribution in [0.5, 0.6) is 0 Å². The highest BCUT2D eigenvalue weighted by molar-refractivity contribution is 5.93. The highest BCUT2D eigenvalue weighted by Crippen LogP contribution is 2.41. The van der Waals surface area contributed by atoms with Crippen molar-refractivity contribution in [1.82, 2.24) is 0 Å². The minimum absolute atomic E-state index is 0.983. The van der Waals surface area contributed by atoms with Gasteiger partial charge in [0.2, 0.25) is 0 Å². The fourth-order valence-corrected chi connectivity index (χ4v) is 4.51. The smallest absolute Gasteiger partial charge is 0.0910 e. The largest absolute Gasteiger partial charge is 0.349 e. The lowest BCUT2D eigenvalue weighted by Crippen LogP contribution is -2.46. The SMILES string of the molecule is c1ccc2cc3c(cc2c1)CN1CN3Cc2c1ccc1ccccc21. The third-order valence-corrected chi connectivity index (χ3v) is 5.70. The molecule has 0 unspecified atom stereocenters. The predicted octanol–water partition coefficient (Wildman–Crippen LogP) is 5.29. The molecule has 4 aromatic carbocycles. The first-order valence-corrected chi connectivity index (χ1v) is 8.89. The van der Waals surface area contributed by atoms with Crippen molar-refractivity contribution in [3.8, 4) is 0 Å². The molecule has 0 saturated heterocycles. The number of hydrogen-bond donors (Lipinski definition) is 0. The van der Waals surface area contributed by atoms with Gasteiger partial charge in [-0.25, -0.2) is 0 Å². The number of hydrogen-bond acceptors (Lipinski definition) is 2. The maximum atomic E-state index is 2.53. The summed E-state index contributed by atoms with van der Waals surface area (Å²) in [5, 5.41) is 5.39. The molecule has 120 valence electrons. The maximum absolute atomic E-state index is 2.53. The quantitative estimate of drug-likeness (QED) is 0.434. The maximum Gasteiger partial charge on any atom is 0.0910 e. The molecule has 2 heteroatoms. The van der Waals surface area contributed by atoms with E-state index in [0.717, 1.165) is 19.8 Å². The molecule has 2 nitrogen and oxygen atoms in total. The summed E-state index contributed by atoms with van der Waals surface area (Å²) in [4.78, 5) is 5.04. The van der Waals surface area contributed by atoms with Crippen molar-refractivity contribution in [2.45, 2.75) is 13.1 Å². The summed E-state index contributed by atoms with van der Waals surface area (Å²) in [6.07, 6.45) is 0. The van der Waals surface area contributed by atoms with Crippen LogP contribution in [-0.2, 0) is 13.1 Å². The van der Waals surface area contributed by atoms with Gasteiger partial charge >= 0.3 is 0 Å². The third kappa shape index (κ3) is 1.85. The van der Waals surface area contributed by atoms with Crippen LogP contribution in [0.4, 0.5) is 11.4 Å². The predicted molar refractivity (Wildman–Crippen MR) is 105 cm³/mol. The lowest BCUT2D eigenvalue weighted by Gasteiger charge is -2.45. The monoisotopic (exact) mass is 322 g/mol. The van der Waals surface area contributed by atoms with Crippen LogP contribution >= 0.6 is 0 Å². The van der Waals surface area contributed by atoms with Gasteiger partial charge in [0.25, 0.3) is 0 Å². The van der Waals surface area contributed by atoms with Crippen molar-refractivity contribution in [2.24, 2.45) is 0 Å². The van der Waals surface area contributed by atoms with Crippen molar-refractivity contribution in [1.29, 1.82) is 0 Å². The average Bonchev–Trinajstić information content (AvgIpc) is 2.67. The van der Waals surface area contributed by atoms with Crippen LogP contribution in [0.1, 0.15) is 11.1 Å². The molecule has 0 amide bonds. The van der Waals surface area contributed by atoms with E-state index in [0.29, 0.717) is 0 Å². The van der Waals surface area contributed by atoms with Gasteiger partial charge in [-0.05, 0) is 45.3 Å². The lowest BCUT2D eigenvalue weighted by molar-refractivity contribution is 0.654. The van der Waals surface area contributed by atoms with Gasteiger partial charge in [-0.1, -0.05) is 54.6 Å². The van der Waals surface area contributed by atoms with Crippen molar-refractivity contribution in [3.63, 3.8) is 0 Å². The Morgan fingerprint density at radius 3 is 2.20 bits per heavy atom. The molecule has 0 aliphatic carbocycles. The zero-order valence-electron chi connectivity index (χ0n) is 13.9. The van der Waals surface area contributed by atoms with Crippen LogP contribution in [0.3, 0.4) is 0 Å². The highest BCUT2D eigenvalue weighted by atomic mass is 15.4. The first-order valence-electron chi connectivity index (χ1n) is 8.89. The molecule has 0 radical (unpaired) electrons. The second-order valence-electron chi connectivity index (χ2n) is 7.15. The van der Waals surface area contributed by atoms with E-state index in [1.54, 1.807) is 0 Å². The summed E-state index contributed by atoms with van der Waals surface area (Å²) in [5.74, 6) is 0. The van der Waals surface area contributed by atoms with Gasteiger partial charge in [0.1, 0.15) is 0 Å². The molecule has 2 aliphatic rings. The molecular weight excluding hydrogens is 304 g/mol. The summed E-state index contributed by atoms with van der Waals surface area (Å²) < 4.78 is 0. The van der Waals surface area contributed by atoms with Crippen LogP contribution in [-0.4, -0.2) is 6.67 Å². The molecule has 6 rings (SSSR count). The normalized spacial score (nSPS) is 15.4. The Morgan fingerprint density at radius 2 is 1.32 bits per heavy atom. The molecule has 2 bridgehead atoms. The molecule has 0 fully saturated rings. The lowest BCUT2D eigenvalue weighted by atomic mass is 9.95. The molecule has 0 aromatic heterocycles. The van der Waals surface area contributed by atoms with Gasteiger partial charge in [0.05, 0.1) is 6.67 Å². The summed E-state index contributed by atoms with van der Waals surface area (Å²) in [5.41, 5.74) is 5.69. The van der Waals surface area contributed by atoms with Gasteiger partial charge in [-0.15, -0.1) is 0 Å². The van der Waals surface area contributed by atoms with E-state index >= 15 is 0 Å². The van der Waals surface area contributed by atoms with Gasteiger partial charge in [-0.2, -0.15) is 0 Å². The van der Waals surface area contributed by atoms with E-state index in [4.69, 9.17) is 0 Å². The molecule has 2 heterocycles. The number of anilines is 2. The molecule has 4 aromatic rings. The summed E-state index contributed by atoms with van der Waals surface area (Å²) >= 11 is 0. The Morgan fingerprint density at radius 1 is 0.600 bits per heavy atom. The van der Waals surface area contributed by atoms with Crippen LogP contribution in [0.15, 0.2) is 72.8 Å². The van der Waals surface area contributed by atoms with E-state index in [2.05, 4.69) is 82.6 Å². The van der Waals surface area contributed by atoms with E-state index < -0.39 is 0 Å². The minimum atomic E-state index is 0.983. The van der Waals surface area contributed by atoms with Crippen molar-refractivity contribution >= 4 is 32.9 Å². The van der Waals surface area contributed by atoms with Crippen molar-refractivity contribution in [2.75, 3.05) is 16.5 Å². The second-order valence-corrected chi connectivity index (χ2v) is 7.15. The minimum Gasteiger partial charge on any atom is -0.349 e. The average molecular weight is 322 g/mol. The van der Waals surface area contributed by atoms with E-state index in [9.17, 15) is 0 Å². The van der Waals surface area contributed by atoms with E-state index in [1.165, 1.54) is 44.0 Å². The standard InChI is InChI=1S/C23H18N2/c1-2-7-18-12-23-19(11-17(18)6-1)13-24-15-25(23)14-21-20-8-4-3-5-16(20)9-10-22(21)24/h1-12H,13-15H2.